The molecule has 1 atom stereocenters. The Kier molecular flexibility index (Phi) is 7.29. The second-order valence-electron chi connectivity index (χ2n) is 8.07. The maximum absolute atomic E-state index is 13.2. The largest absolute Gasteiger partial charge is 0.378 e. The van der Waals surface area contributed by atoms with E-state index in [1.807, 2.05) is 30.5 Å². The fraction of sp³-hybridized carbons (Fsp3) is 0.375. The number of aryl methyl sites for hydroxylation is 1. The molecule has 3 aromatic rings. The molecule has 0 radical (unpaired) electrons. The molecule has 0 N–H and O–H groups in total. The molecule has 2 aromatic carbocycles. The fourth-order valence-corrected chi connectivity index (χ4v) is 4.52. The van der Waals surface area contributed by atoms with Crippen LogP contribution in [0.4, 0.5) is 10.3 Å². The van der Waals surface area contributed by atoms with Crippen LogP contribution in [-0.4, -0.2) is 64.7 Å². The second kappa shape index (κ2) is 10.4. The highest BCUT2D eigenvalue weighted by molar-refractivity contribution is 7.99. The molecule has 1 aromatic heterocycles. The molecular weight excluding hydrogens is 441 g/mol. The number of rotatable bonds is 7. The molecular formula is C24H28FN5O2S. The minimum absolute atomic E-state index is 0.0387. The highest BCUT2D eigenvalue weighted by Crippen LogP contribution is 2.28. The Morgan fingerprint density at radius 1 is 1.12 bits per heavy atom. The zero-order chi connectivity index (χ0) is 23.4. The molecule has 1 amide bonds. The van der Waals surface area contributed by atoms with Crippen LogP contribution in [-0.2, 0) is 9.53 Å². The summed E-state index contributed by atoms with van der Waals surface area (Å²) in [5.41, 5.74) is 3.00. The minimum atomic E-state index is -0.290. The molecule has 4 rings (SSSR count). The van der Waals surface area contributed by atoms with E-state index >= 15 is 0 Å². The molecule has 1 aliphatic rings. The number of benzene rings is 2. The molecule has 7 nitrogen and oxygen atoms in total. The van der Waals surface area contributed by atoms with Crippen molar-refractivity contribution in [3.05, 3.63) is 65.5 Å². The van der Waals surface area contributed by atoms with E-state index in [0.717, 1.165) is 30.3 Å². The van der Waals surface area contributed by atoms with E-state index in [9.17, 15) is 9.18 Å². The summed E-state index contributed by atoms with van der Waals surface area (Å²) in [4.78, 5) is 16.8. The average molecular weight is 470 g/mol. The number of carbonyl (C=O) groups is 1. The Morgan fingerprint density at radius 3 is 2.45 bits per heavy atom. The van der Waals surface area contributed by atoms with Gasteiger partial charge >= 0.3 is 0 Å². The summed E-state index contributed by atoms with van der Waals surface area (Å²) in [5, 5.41) is 9.53. The standard InChI is InChI=1S/C24H28FN5O2S/c1-17-4-10-21(11-5-17)30-23(29-12-14-32-15-13-29)26-27-24(30)33-16-22(31)28(3)18(2)19-6-8-20(25)9-7-19/h4-11,18H,12-16H2,1-3H3. The van der Waals surface area contributed by atoms with Crippen LogP contribution in [0.3, 0.4) is 0 Å². The number of anilines is 1. The summed E-state index contributed by atoms with van der Waals surface area (Å²) in [6.45, 7) is 6.75. The van der Waals surface area contributed by atoms with Crippen molar-refractivity contribution in [3.63, 3.8) is 0 Å². The van der Waals surface area contributed by atoms with Crippen molar-refractivity contribution in [2.24, 2.45) is 0 Å². The van der Waals surface area contributed by atoms with E-state index in [1.54, 1.807) is 24.1 Å². The monoisotopic (exact) mass is 469 g/mol. The van der Waals surface area contributed by atoms with E-state index in [-0.39, 0.29) is 23.5 Å². The first kappa shape index (κ1) is 23.3. The number of hydrogen-bond acceptors (Lipinski definition) is 6. The van der Waals surface area contributed by atoms with Crippen molar-refractivity contribution in [1.29, 1.82) is 0 Å². The third-order valence-electron chi connectivity index (χ3n) is 5.85. The lowest BCUT2D eigenvalue weighted by atomic mass is 10.1. The van der Waals surface area contributed by atoms with Gasteiger partial charge in [0.05, 0.1) is 30.7 Å². The number of morpholine rings is 1. The predicted molar refractivity (Wildman–Crippen MR) is 127 cm³/mol. The highest BCUT2D eigenvalue weighted by atomic mass is 32.2. The van der Waals surface area contributed by atoms with Gasteiger partial charge < -0.3 is 14.5 Å². The normalized spacial score (nSPS) is 14.8. The van der Waals surface area contributed by atoms with Gasteiger partial charge in [-0.3, -0.25) is 9.36 Å². The smallest absolute Gasteiger partial charge is 0.233 e. The first-order valence-corrected chi connectivity index (χ1v) is 11.9. The summed E-state index contributed by atoms with van der Waals surface area (Å²) < 4.78 is 20.7. The Labute approximate surface area is 197 Å². The molecule has 0 bridgehead atoms. The second-order valence-corrected chi connectivity index (χ2v) is 9.02. The van der Waals surface area contributed by atoms with E-state index in [4.69, 9.17) is 4.74 Å². The van der Waals surface area contributed by atoms with Gasteiger partial charge in [0.1, 0.15) is 5.82 Å². The van der Waals surface area contributed by atoms with Crippen molar-refractivity contribution in [2.75, 3.05) is 44.0 Å². The van der Waals surface area contributed by atoms with Gasteiger partial charge in [0.15, 0.2) is 5.16 Å². The van der Waals surface area contributed by atoms with Crippen molar-refractivity contribution >= 4 is 23.6 Å². The van der Waals surface area contributed by atoms with Crippen LogP contribution in [0.25, 0.3) is 5.69 Å². The molecule has 9 heteroatoms. The van der Waals surface area contributed by atoms with Crippen LogP contribution in [0.15, 0.2) is 53.7 Å². The van der Waals surface area contributed by atoms with Gasteiger partial charge in [-0.2, -0.15) is 0 Å². The van der Waals surface area contributed by atoms with E-state index in [1.165, 1.54) is 29.5 Å². The predicted octanol–water partition coefficient (Wildman–Crippen LogP) is 3.86. The molecule has 33 heavy (non-hydrogen) atoms. The summed E-state index contributed by atoms with van der Waals surface area (Å²) in [6, 6.07) is 14.3. The number of ether oxygens (including phenoxy) is 1. The third-order valence-corrected chi connectivity index (χ3v) is 6.77. The number of hydrogen-bond donors (Lipinski definition) is 0. The van der Waals surface area contributed by atoms with Crippen molar-refractivity contribution in [3.8, 4) is 5.69 Å². The molecule has 174 valence electrons. The fourth-order valence-electron chi connectivity index (χ4n) is 3.65. The Bertz CT molecular complexity index is 1080. The van der Waals surface area contributed by atoms with Gasteiger partial charge in [-0.1, -0.05) is 41.6 Å². The van der Waals surface area contributed by atoms with Crippen LogP contribution in [0.2, 0.25) is 0 Å². The quantitative estimate of drug-likeness (QED) is 0.490. The van der Waals surface area contributed by atoms with Gasteiger partial charge in [-0.15, -0.1) is 10.2 Å². The lowest BCUT2D eigenvalue weighted by Gasteiger charge is -2.28. The zero-order valence-electron chi connectivity index (χ0n) is 19.1. The Hall–Kier alpha value is -2.91. The van der Waals surface area contributed by atoms with Crippen molar-refractivity contribution in [2.45, 2.75) is 25.0 Å². The Balaban J connectivity index is 1.52. The molecule has 0 aliphatic carbocycles. The number of aromatic nitrogens is 3. The Morgan fingerprint density at radius 2 is 1.79 bits per heavy atom. The maximum Gasteiger partial charge on any atom is 0.233 e. The van der Waals surface area contributed by atoms with Gasteiger partial charge in [-0.05, 0) is 43.7 Å². The van der Waals surface area contributed by atoms with Gasteiger partial charge in [0.25, 0.3) is 0 Å². The summed E-state index contributed by atoms with van der Waals surface area (Å²) in [7, 11) is 1.76. The van der Waals surface area contributed by atoms with Crippen LogP contribution < -0.4 is 4.90 Å². The number of carbonyl (C=O) groups excluding carboxylic acids is 1. The SMILES string of the molecule is Cc1ccc(-n2c(SCC(=O)N(C)C(C)c3ccc(F)cc3)nnc2N2CCOCC2)cc1. The highest BCUT2D eigenvalue weighted by Gasteiger charge is 2.24. The van der Waals surface area contributed by atoms with Crippen LogP contribution in [0, 0.1) is 12.7 Å². The first-order chi connectivity index (χ1) is 15.9. The summed E-state index contributed by atoms with van der Waals surface area (Å²) in [5.74, 6) is 0.644. The van der Waals surface area contributed by atoms with E-state index in [0.29, 0.717) is 18.4 Å². The van der Waals surface area contributed by atoms with Gasteiger partial charge in [-0.25, -0.2) is 4.39 Å². The van der Waals surface area contributed by atoms with Crippen molar-refractivity contribution in [1.82, 2.24) is 19.7 Å². The van der Waals surface area contributed by atoms with E-state index < -0.39 is 0 Å². The summed E-state index contributed by atoms with van der Waals surface area (Å²) >= 11 is 1.36. The number of amides is 1. The van der Waals surface area contributed by atoms with Crippen LogP contribution in [0.1, 0.15) is 24.1 Å². The van der Waals surface area contributed by atoms with Gasteiger partial charge in [0, 0.05) is 20.1 Å². The topological polar surface area (TPSA) is 63.5 Å². The minimum Gasteiger partial charge on any atom is -0.378 e. The third kappa shape index (κ3) is 5.36. The average Bonchev–Trinajstić information content (AvgIpc) is 3.27. The number of nitrogens with zero attached hydrogens (tertiary/aromatic N) is 5. The lowest BCUT2D eigenvalue weighted by Crippen LogP contribution is -2.37. The first-order valence-electron chi connectivity index (χ1n) is 10.9. The molecule has 0 spiro atoms. The molecule has 2 heterocycles. The zero-order valence-corrected chi connectivity index (χ0v) is 19.9. The van der Waals surface area contributed by atoms with Crippen LogP contribution in [0.5, 0.6) is 0 Å². The lowest BCUT2D eigenvalue weighted by molar-refractivity contribution is -0.128. The molecule has 1 saturated heterocycles. The van der Waals surface area contributed by atoms with E-state index in [2.05, 4.69) is 27.2 Å². The summed E-state index contributed by atoms with van der Waals surface area (Å²) in [6.07, 6.45) is 0. The molecule has 0 saturated carbocycles. The van der Waals surface area contributed by atoms with Gasteiger partial charge in [0.2, 0.25) is 11.9 Å². The molecule has 1 aliphatic heterocycles. The number of halogens is 1. The maximum atomic E-state index is 13.2. The number of thioether (sulfide) groups is 1. The molecule has 1 unspecified atom stereocenters. The van der Waals surface area contributed by atoms with Crippen LogP contribution >= 0.6 is 11.8 Å². The van der Waals surface area contributed by atoms with Crippen molar-refractivity contribution < 1.29 is 13.9 Å². The molecule has 1 fully saturated rings.